The van der Waals surface area contributed by atoms with Gasteiger partial charge in [-0.25, -0.2) is 12.8 Å². The molecule has 2 aromatic carbocycles. The molecule has 0 radical (unpaired) electrons. The number of ether oxygens (including phenoxy) is 3. The number of carbonyl (C=O) groups is 2. The summed E-state index contributed by atoms with van der Waals surface area (Å²) in [6, 6.07) is 7.60. The van der Waals surface area contributed by atoms with Gasteiger partial charge in [0.25, 0.3) is 15.9 Å². The third kappa shape index (κ3) is 5.36. The molecular formula is C22H25FN2O7S. The first-order valence-electron chi connectivity index (χ1n) is 9.99. The van der Waals surface area contributed by atoms with Crippen molar-refractivity contribution in [2.24, 2.45) is 5.73 Å². The van der Waals surface area contributed by atoms with E-state index in [1.54, 1.807) is 26.8 Å². The van der Waals surface area contributed by atoms with Crippen molar-refractivity contribution in [3.63, 3.8) is 0 Å². The van der Waals surface area contributed by atoms with Gasteiger partial charge in [-0.2, -0.15) is 0 Å². The largest absolute Gasteiger partial charge is 0.494 e. The van der Waals surface area contributed by atoms with E-state index in [4.69, 9.17) is 19.9 Å². The number of nitrogens with zero attached hydrogens (tertiary/aromatic N) is 1. The van der Waals surface area contributed by atoms with E-state index in [0.29, 0.717) is 5.56 Å². The number of rotatable bonds is 6. The summed E-state index contributed by atoms with van der Waals surface area (Å²) in [6.07, 6.45) is -1.35. The summed E-state index contributed by atoms with van der Waals surface area (Å²) in [5, 5.41) is 0. The Balaban J connectivity index is 2.04. The van der Waals surface area contributed by atoms with Crippen molar-refractivity contribution < 1.29 is 36.6 Å². The van der Waals surface area contributed by atoms with Gasteiger partial charge in [0.05, 0.1) is 30.7 Å². The predicted octanol–water partition coefficient (Wildman–Crippen LogP) is 2.16. The Morgan fingerprint density at radius 1 is 1.21 bits per heavy atom. The Hall–Kier alpha value is -3.34. The van der Waals surface area contributed by atoms with Gasteiger partial charge >= 0.3 is 5.97 Å². The number of halogens is 1. The number of anilines is 1. The molecule has 0 saturated heterocycles. The van der Waals surface area contributed by atoms with Crippen LogP contribution in [0.3, 0.4) is 0 Å². The van der Waals surface area contributed by atoms with E-state index in [-0.39, 0.29) is 28.5 Å². The van der Waals surface area contributed by atoms with E-state index < -0.39 is 46.0 Å². The van der Waals surface area contributed by atoms with Crippen molar-refractivity contribution in [2.45, 2.75) is 43.8 Å². The van der Waals surface area contributed by atoms with Crippen LogP contribution in [-0.4, -0.2) is 45.7 Å². The molecule has 9 nitrogen and oxygen atoms in total. The lowest BCUT2D eigenvalue weighted by Crippen LogP contribution is -2.49. The second-order valence-electron chi connectivity index (χ2n) is 8.41. The number of carbonyl (C=O) groups excluding carboxylic acids is 2. The number of sulfonamides is 1. The molecule has 33 heavy (non-hydrogen) atoms. The molecule has 3 rings (SSSR count). The van der Waals surface area contributed by atoms with Gasteiger partial charge in [0, 0.05) is 6.07 Å². The highest BCUT2D eigenvalue weighted by atomic mass is 32.2. The van der Waals surface area contributed by atoms with Crippen LogP contribution in [0.5, 0.6) is 11.5 Å². The molecule has 1 heterocycles. The monoisotopic (exact) mass is 480 g/mol. The lowest BCUT2D eigenvalue weighted by molar-refractivity contribution is -0.153. The summed E-state index contributed by atoms with van der Waals surface area (Å²) in [6.45, 7) is 4.81. The quantitative estimate of drug-likeness (QED) is 0.628. The fourth-order valence-corrected chi connectivity index (χ4v) is 4.74. The molecule has 11 heteroatoms. The molecular weight excluding hydrogens is 455 g/mol. The summed E-state index contributed by atoms with van der Waals surface area (Å²) < 4.78 is 57.5. The molecule has 0 unspecified atom stereocenters. The molecule has 0 aliphatic carbocycles. The summed E-state index contributed by atoms with van der Waals surface area (Å²) in [4.78, 5) is 23.8. The average Bonchev–Trinajstić information content (AvgIpc) is 2.71. The van der Waals surface area contributed by atoms with E-state index in [9.17, 15) is 22.4 Å². The second-order valence-corrected chi connectivity index (χ2v) is 10.3. The molecule has 0 saturated carbocycles. The molecule has 178 valence electrons. The molecule has 0 spiro atoms. The highest BCUT2D eigenvalue weighted by Gasteiger charge is 2.37. The third-order valence-electron chi connectivity index (χ3n) is 4.69. The fourth-order valence-electron chi connectivity index (χ4n) is 3.25. The number of benzene rings is 2. The zero-order valence-electron chi connectivity index (χ0n) is 18.6. The number of hydrogen-bond acceptors (Lipinski definition) is 7. The summed E-state index contributed by atoms with van der Waals surface area (Å²) in [7, 11) is -3.07. The first kappa shape index (κ1) is 24.3. The minimum atomic E-state index is -4.28. The summed E-state index contributed by atoms with van der Waals surface area (Å²) in [5.41, 5.74) is 5.27. The summed E-state index contributed by atoms with van der Waals surface area (Å²) in [5.74, 6) is -2.24. The molecule has 2 N–H and O–H groups in total. The highest BCUT2D eigenvalue weighted by Crippen LogP contribution is 2.38. The Morgan fingerprint density at radius 3 is 2.52 bits per heavy atom. The molecule has 1 amide bonds. The third-order valence-corrected chi connectivity index (χ3v) is 6.47. The molecule has 2 aromatic rings. The minimum Gasteiger partial charge on any atom is -0.494 e. The average molecular weight is 481 g/mol. The SMILES string of the molecule is COc1cc(S(=O)(=O)N2C[C@H](C(N)=O)Oc3ccc(CC(=O)OC(C)(C)C)cc32)ccc1F. The van der Waals surface area contributed by atoms with Crippen molar-refractivity contribution in [1.29, 1.82) is 0 Å². The number of primary amides is 1. The van der Waals surface area contributed by atoms with Crippen LogP contribution >= 0.6 is 0 Å². The Bertz CT molecular complexity index is 1190. The number of hydrogen-bond donors (Lipinski definition) is 1. The van der Waals surface area contributed by atoms with E-state index >= 15 is 0 Å². The predicted molar refractivity (Wildman–Crippen MR) is 117 cm³/mol. The van der Waals surface area contributed by atoms with Crippen LogP contribution in [0.1, 0.15) is 26.3 Å². The van der Waals surface area contributed by atoms with Gasteiger partial charge in [-0.1, -0.05) is 6.07 Å². The first-order valence-corrected chi connectivity index (χ1v) is 11.4. The van der Waals surface area contributed by atoms with Gasteiger partial charge in [0.15, 0.2) is 17.7 Å². The Morgan fingerprint density at radius 2 is 1.91 bits per heavy atom. The second kappa shape index (κ2) is 8.89. The normalized spacial score (nSPS) is 15.9. The van der Waals surface area contributed by atoms with Crippen LogP contribution in [0.2, 0.25) is 0 Å². The fraction of sp³-hybridized carbons (Fsp3) is 0.364. The van der Waals surface area contributed by atoms with Crippen molar-refractivity contribution >= 4 is 27.6 Å². The molecule has 0 aromatic heterocycles. The van der Waals surface area contributed by atoms with Crippen LogP contribution in [-0.2, 0) is 30.8 Å². The number of fused-ring (bicyclic) bond motifs is 1. The van der Waals surface area contributed by atoms with Gasteiger partial charge in [-0.05, 0) is 50.6 Å². The highest BCUT2D eigenvalue weighted by molar-refractivity contribution is 7.92. The maximum absolute atomic E-state index is 13.8. The van der Waals surface area contributed by atoms with Crippen molar-refractivity contribution in [1.82, 2.24) is 0 Å². The zero-order valence-corrected chi connectivity index (χ0v) is 19.4. The number of amides is 1. The molecule has 0 fully saturated rings. The topological polar surface area (TPSA) is 125 Å². The Kier molecular flexibility index (Phi) is 6.55. The first-order chi connectivity index (χ1) is 15.3. The van der Waals surface area contributed by atoms with Crippen LogP contribution in [0, 0.1) is 5.82 Å². The maximum Gasteiger partial charge on any atom is 0.310 e. The van der Waals surface area contributed by atoms with Crippen LogP contribution < -0.4 is 19.5 Å². The number of nitrogens with two attached hydrogens (primary N) is 1. The summed E-state index contributed by atoms with van der Waals surface area (Å²) >= 11 is 0. The van der Waals surface area contributed by atoms with E-state index in [1.807, 2.05) is 0 Å². The number of esters is 1. The molecule has 0 bridgehead atoms. The number of methoxy groups -OCH3 is 1. The van der Waals surface area contributed by atoms with Gasteiger partial charge in [0.1, 0.15) is 11.4 Å². The lowest BCUT2D eigenvalue weighted by atomic mass is 10.1. The molecule has 1 aliphatic heterocycles. The zero-order chi connectivity index (χ0) is 24.6. The smallest absolute Gasteiger partial charge is 0.310 e. The van der Waals surface area contributed by atoms with Crippen LogP contribution in [0.4, 0.5) is 10.1 Å². The van der Waals surface area contributed by atoms with Gasteiger partial charge in [-0.3, -0.25) is 13.9 Å². The molecule has 1 aliphatic rings. The van der Waals surface area contributed by atoms with Crippen LogP contribution in [0.25, 0.3) is 0 Å². The van der Waals surface area contributed by atoms with E-state index in [0.717, 1.165) is 22.5 Å². The van der Waals surface area contributed by atoms with Gasteiger partial charge < -0.3 is 19.9 Å². The Labute approximate surface area is 191 Å². The maximum atomic E-state index is 13.8. The van der Waals surface area contributed by atoms with E-state index in [1.165, 1.54) is 19.2 Å². The van der Waals surface area contributed by atoms with Gasteiger partial charge in [0.2, 0.25) is 0 Å². The molecule has 1 atom stereocenters. The van der Waals surface area contributed by atoms with Crippen molar-refractivity contribution in [2.75, 3.05) is 18.0 Å². The van der Waals surface area contributed by atoms with Crippen LogP contribution in [0.15, 0.2) is 41.3 Å². The van der Waals surface area contributed by atoms with E-state index in [2.05, 4.69) is 0 Å². The van der Waals surface area contributed by atoms with Crippen molar-refractivity contribution in [3.8, 4) is 11.5 Å². The minimum absolute atomic E-state index is 0.0932. The standard InChI is InChI=1S/C22H25FN2O7S/c1-22(2,3)32-20(26)10-13-5-8-17-16(9-13)25(12-19(31-17)21(24)27)33(28,29)14-6-7-15(23)18(11-14)30-4/h5-9,11,19H,10,12H2,1-4H3,(H2,24,27)/t19-/m1/s1. The lowest BCUT2D eigenvalue weighted by Gasteiger charge is -2.34. The van der Waals surface area contributed by atoms with Gasteiger partial charge in [-0.15, -0.1) is 0 Å². The van der Waals surface area contributed by atoms with Crippen molar-refractivity contribution in [3.05, 3.63) is 47.8 Å².